The molecule has 0 spiro atoms. The Morgan fingerprint density at radius 1 is 1.00 bits per heavy atom. The number of hydrogen-bond acceptors (Lipinski definition) is 3. The number of rotatable bonds is 4. The molecule has 2 saturated heterocycles. The molecule has 0 aliphatic carbocycles. The van der Waals surface area contributed by atoms with Crippen LogP contribution in [0.5, 0.6) is 0 Å². The van der Waals surface area contributed by atoms with Gasteiger partial charge in [0.15, 0.2) is 0 Å². The van der Waals surface area contributed by atoms with Crippen LogP contribution in [-0.2, 0) is 6.54 Å². The third-order valence-corrected chi connectivity index (χ3v) is 5.78. The third kappa shape index (κ3) is 4.18. The van der Waals surface area contributed by atoms with Crippen molar-refractivity contribution in [2.24, 2.45) is 5.92 Å². The predicted octanol–water partition coefficient (Wildman–Crippen LogP) is 3.58. The van der Waals surface area contributed by atoms with Crippen molar-refractivity contribution >= 4 is 0 Å². The Hall–Kier alpha value is -1.89. The molecule has 6 heteroatoms. The van der Waals surface area contributed by atoms with Crippen LogP contribution in [-0.4, -0.2) is 30.6 Å². The number of benzene rings is 2. The summed E-state index contributed by atoms with van der Waals surface area (Å²) in [7, 11) is 0. The molecule has 2 heterocycles. The number of hydrazine groups is 1. The number of nitrogens with zero attached hydrogens (tertiary/aromatic N) is 1. The summed E-state index contributed by atoms with van der Waals surface area (Å²) < 4.78 is 40.4. The normalized spacial score (nSPS) is 26.4. The Morgan fingerprint density at radius 3 is 2.56 bits per heavy atom. The van der Waals surface area contributed by atoms with E-state index < -0.39 is 11.6 Å². The molecular formula is C21H24F3N3. The van der Waals surface area contributed by atoms with Gasteiger partial charge in [-0.05, 0) is 49.1 Å². The molecule has 0 radical (unpaired) electrons. The van der Waals surface area contributed by atoms with E-state index in [1.54, 1.807) is 0 Å². The van der Waals surface area contributed by atoms with Crippen LogP contribution in [0.4, 0.5) is 13.2 Å². The Labute approximate surface area is 157 Å². The van der Waals surface area contributed by atoms with Gasteiger partial charge >= 0.3 is 0 Å². The fraction of sp³-hybridized carbons (Fsp3) is 0.429. The standard InChI is InChI=1S/C21H24F3N3/c22-17-6-3-14(4-7-17)19-11-25-26-21(19)16-2-1-9-27(13-16)12-15-5-8-18(23)10-20(15)24/h3-8,10,16,19,21,25-26H,1-2,9,11-13H2. The lowest BCUT2D eigenvalue weighted by atomic mass is 9.81. The minimum absolute atomic E-state index is 0.223. The lowest BCUT2D eigenvalue weighted by Crippen LogP contribution is -2.46. The SMILES string of the molecule is Fc1ccc(C2CNNC2C2CCCN(Cc3ccc(F)cc3F)C2)cc1. The second-order valence-electron chi connectivity index (χ2n) is 7.58. The molecule has 2 aliphatic rings. The lowest BCUT2D eigenvalue weighted by molar-refractivity contribution is 0.138. The molecule has 2 aromatic carbocycles. The fourth-order valence-corrected chi connectivity index (χ4v) is 4.41. The molecule has 3 atom stereocenters. The van der Waals surface area contributed by atoms with Crippen molar-refractivity contribution < 1.29 is 13.2 Å². The Morgan fingerprint density at radius 2 is 1.78 bits per heavy atom. The Balaban J connectivity index is 1.44. The Kier molecular flexibility index (Phi) is 5.48. The van der Waals surface area contributed by atoms with Crippen LogP contribution in [0.3, 0.4) is 0 Å². The number of piperidine rings is 1. The second-order valence-corrected chi connectivity index (χ2v) is 7.58. The van der Waals surface area contributed by atoms with Crippen molar-refractivity contribution in [2.45, 2.75) is 31.3 Å². The summed E-state index contributed by atoms with van der Waals surface area (Å²) in [6.45, 7) is 3.06. The average Bonchev–Trinajstić information content (AvgIpc) is 3.15. The van der Waals surface area contributed by atoms with Gasteiger partial charge in [0.05, 0.1) is 0 Å². The largest absolute Gasteiger partial charge is 0.299 e. The van der Waals surface area contributed by atoms with Crippen molar-refractivity contribution in [1.29, 1.82) is 0 Å². The minimum atomic E-state index is -0.545. The van der Waals surface area contributed by atoms with Crippen LogP contribution in [0.25, 0.3) is 0 Å². The highest BCUT2D eigenvalue weighted by atomic mass is 19.1. The van der Waals surface area contributed by atoms with Crippen LogP contribution >= 0.6 is 0 Å². The zero-order chi connectivity index (χ0) is 18.8. The van der Waals surface area contributed by atoms with Gasteiger partial charge in [-0.1, -0.05) is 18.2 Å². The molecule has 144 valence electrons. The quantitative estimate of drug-likeness (QED) is 0.856. The Bertz CT molecular complexity index is 781. The van der Waals surface area contributed by atoms with E-state index >= 15 is 0 Å². The monoisotopic (exact) mass is 375 g/mol. The zero-order valence-corrected chi connectivity index (χ0v) is 15.1. The number of likely N-dealkylation sites (tertiary alicyclic amines) is 1. The van der Waals surface area contributed by atoms with Gasteiger partial charge in [-0.3, -0.25) is 15.8 Å². The summed E-state index contributed by atoms with van der Waals surface area (Å²) in [5, 5.41) is 0. The molecule has 2 N–H and O–H groups in total. The molecule has 2 aromatic rings. The van der Waals surface area contributed by atoms with E-state index in [4.69, 9.17) is 0 Å². The fourth-order valence-electron chi connectivity index (χ4n) is 4.41. The van der Waals surface area contributed by atoms with Crippen LogP contribution in [0.2, 0.25) is 0 Å². The number of hydrogen-bond donors (Lipinski definition) is 2. The van der Waals surface area contributed by atoms with E-state index in [2.05, 4.69) is 15.8 Å². The maximum Gasteiger partial charge on any atom is 0.130 e. The first-order valence-electron chi connectivity index (χ1n) is 9.50. The highest BCUT2D eigenvalue weighted by Gasteiger charge is 2.36. The molecular weight excluding hydrogens is 351 g/mol. The molecule has 0 bridgehead atoms. The average molecular weight is 375 g/mol. The molecule has 3 unspecified atom stereocenters. The van der Waals surface area contributed by atoms with Crippen LogP contribution < -0.4 is 10.9 Å². The molecule has 0 aromatic heterocycles. The van der Waals surface area contributed by atoms with Gasteiger partial charge in [-0.25, -0.2) is 13.2 Å². The molecule has 27 heavy (non-hydrogen) atoms. The summed E-state index contributed by atoms with van der Waals surface area (Å²) >= 11 is 0. The van der Waals surface area contributed by atoms with Gasteiger partial charge in [0.1, 0.15) is 17.5 Å². The van der Waals surface area contributed by atoms with E-state index in [0.717, 1.165) is 44.1 Å². The maximum atomic E-state index is 14.0. The minimum Gasteiger partial charge on any atom is -0.299 e. The summed E-state index contributed by atoms with van der Waals surface area (Å²) in [6.07, 6.45) is 2.14. The van der Waals surface area contributed by atoms with E-state index in [0.29, 0.717) is 18.0 Å². The highest BCUT2D eigenvalue weighted by Crippen LogP contribution is 2.32. The molecule has 4 rings (SSSR count). The maximum absolute atomic E-state index is 14.0. The number of halogens is 3. The molecule has 2 fully saturated rings. The lowest BCUT2D eigenvalue weighted by Gasteiger charge is -2.37. The topological polar surface area (TPSA) is 27.3 Å². The molecule has 2 aliphatic heterocycles. The first kappa shape index (κ1) is 18.5. The van der Waals surface area contributed by atoms with Crippen molar-refractivity contribution in [3.8, 4) is 0 Å². The van der Waals surface area contributed by atoms with Gasteiger partial charge in [0.2, 0.25) is 0 Å². The molecule has 0 amide bonds. The smallest absolute Gasteiger partial charge is 0.130 e. The summed E-state index contributed by atoms with van der Waals surface area (Å²) in [5.41, 5.74) is 8.31. The van der Waals surface area contributed by atoms with Gasteiger partial charge in [-0.2, -0.15) is 0 Å². The second kappa shape index (κ2) is 8.00. The van der Waals surface area contributed by atoms with Crippen molar-refractivity contribution in [2.75, 3.05) is 19.6 Å². The van der Waals surface area contributed by atoms with Crippen molar-refractivity contribution in [1.82, 2.24) is 15.8 Å². The van der Waals surface area contributed by atoms with E-state index in [9.17, 15) is 13.2 Å². The highest BCUT2D eigenvalue weighted by molar-refractivity contribution is 5.24. The zero-order valence-electron chi connectivity index (χ0n) is 15.1. The molecule has 0 saturated carbocycles. The molecule has 3 nitrogen and oxygen atoms in total. The summed E-state index contributed by atoms with van der Waals surface area (Å²) in [4.78, 5) is 2.24. The van der Waals surface area contributed by atoms with Gasteiger partial charge < -0.3 is 0 Å². The van der Waals surface area contributed by atoms with Crippen LogP contribution in [0.15, 0.2) is 42.5 Å². The first-order chi connectivity index (χ1) is 13.1. The van der Waals surface area contributed by atoms with E-state index in [-0.39, 0.29) is 17.8 Å². The van der Waals surface area contributed by atoms with Gasteiger partial charge in [-0.15, -0.1) is 0 Å². The van der Waals surface area contributed by atoms with Gasteiger partial charge in [0, 0.05) is 43.2 Å². The van der Waals surface area contributed by atoms with E-state index in [1.165, 1.54) is 24.3 Å². The number of nitrogens with one attached hydrogen (secondary N) is 2. The first-order valence-corrected chi connectivity index (χ1v) is 9.50. The third-order valence-electron chi connectivity index (χ3n) is 5.78. The predicted molar refractivity (Wildman–Crippen MR) is 98.4 cm³/mol. The van der Waals surface area contributed by atoms with Gasteiger partial charge in [0.25, 0.3) is 0 Å². The summed E-state index contributed by atoms with van der Waals surface area (Å²) in [6, 6.07) is 10.8. The van der Waals surface area contributed by atoms with Crippen molar-refractivity contribution in [3.63, 3.8) is 0 Å². The van der Waals surface area contributed by atoms with Crippen LogP contribution in [0, 0.1) is 23.4 Å². The van der Waals surface area contributed by atoms with Crippen molar-refractivity contribution in [3.05, 3.63) is 71.0 Å². The van der Waals surface area contributed by atoms with Crippen LogP contribution in [0.1, 0.15) is 29.9 Å². The van der Waals surface area contributed by atoms with E-state index in [1.807, 2.05) is 12.1 Å². The summed E-state index contributed by atoms with van der Waals surface area (Å²) in [5.74, 6) is -0.567.